The fourth-order valence-corrected chi connectivity index (χ4v) is 14.5. The Morgan fingerprint density at radius 1 is 0.753 bits per heavy atom. The Morgan fingerprint density at radius 3 is 1.74 bits per heavy atom. The van der Waals surface area contributed by atoms with E-state index in [2.05, 4.69) is 111 Å². The summed E-state index contributed by atoms with van der Waals surface area (Å²) < 4.78 is 22.8. The van der Waals surface area contributed by atoms with E-state index in [4.69, 9.17) is 42.1 Å². The SMILES string of the molecule is COC(=O)C12CC(N3C=C4C(C)C(C)(C)OC[C@@]4(c4ccc(CCC(C)(C)C)c(Cl)c4)CC3=O)(C1)C2.COC(=O)C12CC(NC(=O)CC3(c4ccc(CCC(C)(C)C)c(Cl)c4)COC(C)(C)C(C)C3CO)(C1)C2. The molecule has 73 heavy (non-hydrogen) atoms. The van der Waals surface area contributed by atoms with Crippen LogP contribution in [0, 0.1) is 39.4 Å². The van der Waals surface area contributed by atoms with Crippen LogP contribution in [0.15, 0.2) is 48.2 Å². The molecular formula is C60H84Cl2N2O9. The second-order valence-electron chi connectivity index (χ2n) is 27.4. The van der Waals surface area contributed by atoms with Gasteiger partial charge in [-0.05, 0) is 155 Å². The molecule has 4 unspecified atom stereocenters. The number of aryl methyl sites for hydroxylation is 2. The smallest absolute Gasteiger partial charge is 0.312 e. The van der Waals surface area contributed by atoms with Gasteiger partial charge in [0, 0.05) is 52.6 Å². The Hall–Kier alpha value is -3.48. The third-order valence-electron chi connectivity index (χ3n) is 19.2. The lowest BCUT2D eigenvalue weighted by molar-refractivity contribution is -0.227. The number of methoxy groups -OCH3 is 2. The maximum Gasteiger partial charge on any atom is 0.312 e. The molecule has 4 bridgehead atoms. The van der Waals surface area contributed by atoms with Crippen LogP contribution >= 0.6 is 23.2 Å². The summed E-state index contributed by atoms with van der Waals surface area (Å²) in [6.07, 6.45) is 10.5. The number of hydrogen-bond acceptors (Lipinski definition) is 9. The van der Waals surface area contributed by atoms with E-state index in [1.165, 1.54) is 19.8 Å². The molecule has 2 N–H and O–H groups in total. The molecule has 11 nitrogen and oxygen atoms in total. The molecule has 0 aromatic heterocycles. The molecular weight excluding hydrogens is 964 g/mol. The number of benzene rings is 2. The predicted octanol–water partition coefficient (Wildman–Crippen LogP) is 11.4. The van der Waals surface area contributed by atoms with Gasteiger partial charge in [0.15, 0.2) is 0 Å². The van der Waals surface area contributed by atoms with Crippen molar-refractivity contribution in [2.75, 3.05) is 34.0 Å². The molecule has 8 fully saturated rings. The number of rotatable bonds is 13. The van der Waals surface area contributed by atoms with Gasteiger partial charge in [0.2, 0.25) is 11.8 Å². The van der Waals surface area contributed by atoms with Crippen LogP contribution in [0.4, 0.5) is 0 Å². The van der Waals surface area contributed by atoms with Gasteiger partial charge >= 0.3 is 11.9 Å². The molecule has 3 aliphatic heterocycles. The summed E-state index contributed by atoms with van der Waals surface area (Å²) in [5.41, 5.74) is 2.49. The first-order valence-corrected chi connectivity index (χ1v) is 27.5. The monoisotopic (exact) mass is 1050 g/mol. The molecule has 6 saturated carbocycles. The number of nitrogens with one attached hydrogen (secondary N) is 1. The number of esters is 2. The first kappa shape index (κ1) is 55.7. The predicted molar refractivity (Wildman–Crippen MR) is 285 cm³/mol. The van der Waals surface area contributed by atoms with Gasteiger partial charge in [-0.2, -0.15) is 0 Å². The maximum absolute atomic E-state index is 13.7. The maximum atomic E-state index is 13.7. The number of aliphatic hydroxyl groups is 1. The van der Waals surface area contributed by atoms with E-state index in [0.717, 1.165) is 53.0 Å². The van der Waals surface area contributed by atoms with Crippen molar-refractivity contribution in [3.8, 4) is 0 Å². The van der Waals surface area contributed by atoms with Gasteiger partial charge < -0.3 is 34.3 Å². The van der Waals surface area contributed by atoms with Gasteiger partial charge in [-0.25, -0.2) is 0 Å². The number of halogens is 2. The first-order valence-electron chi connectivity index (χ1n) is 26.8. The van der Waals surface area contributed by atoms with Crippen LogP contribution in [0.3, 0.4) is 0 Å². The number of ether oxygens (including phenoxy) is 4. The summed E-state index contributed by atoms with van der Waals surface area (Å²) >= 11 is 13.6. The standard InChI is InChI=1S/C30H44ClNO5.C30H40ClNO4/c1-19-22(14-33)30(18-37-27(19,5)6,21-9-8-20(23(31)12-21)10-11-26(2,3)4)13-24(34)32-29-15-28(16-29,17-29)25(35)36-7;1-19-22-14-32(29-15-28(16-29,17-29)25(34)35-7)24(33)13-30(22,18-36-27(19,5)6)21-9-8-20(23(31)12-21)10-11-26(2,3)4/h8-9,12,19,22,33H,10-11,13-18H2,1-7H3,(H,32,34);8-9,12,14,19H,10-11,13,15-18H2,1-7H3/t;19?,28?,29?,30-/m.1/s1. The number of aliphatic hydroxyl groups excluding tert-OH is 1. The Bertz CT molecular complexity index is 2510. The number of amides is 2. The van der Waals surface area contributed by atoms with Gasteiger partial charge in [-0.3, -0.25) is 19.2 Å². The van der Waals surface area contributed by atoms with Crippen molar-refractivity contribution in [1.82, 2.24) is 10.2 Å². The Kier molecular flexibility index (Phi) is 14.4. The fourth-order valence-electron chi connectivity index (χ4n) is 14.0. The highest BCUT2D eigenvalue weighted by Crippen LogP contribution is 2.71. The average molecular weight is 1050 g/mol. The highest BCUT2D eigenvalue weighted by atomic mass is 35.5. The molecule has 9 aliphatic rings. The summed E-state index contributed by atoms with van der Waals surface area (Å²) in [5, 5.41) is 15.3. The largest absolute Gasteiger partial charge is 0.469 e. The van der Waals surface area contributed by atoms with Crippen LogP contribution in [0.25, 0.3) is 0 Å². The topological polar surface area (TPSA) is 141 Å². The average Bonchev–Trinajstić information content (AvgIpc) is 3.25. The summed E-state index contributed by atoms with van der Waals surface area (Å²) in [4.78, 5) is 53.6. The zero-order valence-corrected chi connectivity index (χ0v) is 47.8. The van der Waals surface area contributed by atoms with Crippen molar-refractivity contribution in [3.05, 3.63) is 80.5 Å². The number of fused-ring (bicyclic) bond motifs is 1. The van der Waals surface area contributed by atoms with Crippen LogP contribution in [0.1, 0.15) is 170 Å². The third-order valence-corrected chi connectivity index (χ3v) is 19.9. The summed E-state index contributed by atoms with van der Waals surface area (Å²) in [5.74, 6) is -0.372. The number of carbonyl (C=O) groups is 4. The van der Waals surface area contributed by atoms with Gasteiger partial charge in [0.25, 0.3) is 0 Å². The van der Waals surface area contributed by atoms with E-state index in [1.807, 2.05) is 24.8 Å². The second-order valence-corrected chi connectivity index (χ2v) is 28.2. The van der Waals surface area contributed by atoms with Crippen molar-refractivity contribution in [3.63, 3.8) is 0 Å². The van der Waals surface area contributed by atoms with Gasteiger partial charge in [0.05, 0.1) is 60.4 Å². The Morgan fingerprint density at radius 2 is 1.25 bits per heavy atom. The molecule has 5 atom stereocenters. The van der Waals surface area contributed by atoms with Crippen LogP contribution in [-0.2, 0) is 61.8 Å². The van der Waals surface area contributed by atoms with Crippen molar-refractivity contribution in [2.24, 2.45) is 39.4 Å². The molecule has 11 rings (SSSR count). The third kappa shape index (κ3) is 9.84. The number of carbonyl (C=O) groups excluding carboxylic acids is 4. The molecule has 6 aliphatic carbocycles. The number of hydrogen-bond donors (Lipinski definition) is 2. The Labute approximate surface area is 445 Å². The first-order chi connectivity index (χ1) is 33.8. The molecule has 13 heteroatoms. The van der Waals surface area contributed by atoms with Crippen molar-refractivity contribution in [1.29, 1.82) is 0 Å². The summed E-state index contributed by atoms with van der Waals surface area (Å²) in [6.45, 7) is 26.7. The second kappa shape index (κ2) is 18.9. The highest BCUT2D eigenvalue weighted by Gasteiger charge is 2.76. The van der Waals surface area contributed by atoms with Crippen LogP contribution in [0.5, 0.6) is 0 Å². The number of nitrogens with zero attached hydrogens (tertiary/aromatic N) is 1. The lowest BCUT2D eigenvalue weighted by atomic mass is 9.38. The quantitative estimate of drug-likeness (QED) is 0.188. The molecule has 2 amide bonds. The minimum Gasteiger partial charge on any atom is -0.469 e. The van der Waals surface area contributed by atoms with E-state index < -0.39 is 21.8 Å². The minimum atomic E-state index is -0.719. The van der Waals surface area contributed by atoms with Crippen molar-refractivity contribution < 1.29 is 43.2 Å². The highest BCUT2D eigenvalue weighted by molar-refractivity contribution is 6.31. The van der Waals surface area contributed by atoms with Crippen molar-refractivity contribution >= 4 is 47.0 Å². The molecule has 0 radical (unpaired) electrons. The van der Waals surface area contributed by atoms with Crippen LogP contribution < -0.4 is 5.32 Å². The Balaban J connectivity index is 0.000000195. The van der Waals surface area contributed by atoms with Gasteiger partial charge in [-0.1, -0.05) is 103 Å². The lowest BCUT2D eigenvalue weighted by Crippen LogP contribution is -2.77. The van der Waals surface area contributed by atoms with Crippen LogP contribution in [0.2, 0.25) is 10.0 Å². The van der Waals surface area contributed by atoms with Gasteiger partial charge in [-0.15, -0.1) is 0 Å². The minimum absolute atomic E-state index is 0.0101. The van der Waals surface area contributed by atoms with Crippen LogP contribution in [-0.4, -0.2) is 90.1 Å². The van der Waals surface area contributed by atoms with E-state index in [0.29, 0.717) is 63.2 Å². The molecule has 2 aromatic carbocycles. The van der Waals surface area contributed by atoms with E-state index in [1.54, 1.807) is 0 Å². The van der Waals surface area contributed by atoms with E-state index >= 15 is 0 Å². The molecule has 2 saturated heterocycles. The molecule has 0 spiro atoms. The summed E-state index contributed by atoms with van der Waals surface area (Å²) in [6, 6.07) is 12.5. The van der Waals surface area contributed by atoms with E-state index in [-0.39, 0.29) is 87.5 Å². The zero-order chi connectivity index (χ0) is 53.8. The zero-order valence-electron chi connectivity index (χ0n) is 46.3. The van der Waals surface area contributed by atoms with E-state index in [9.17, 15) is 24.3 Å². The normalized spacial score (nSPS) is 34.5. The molecule has 3 heterocycles. The van der Waals surface area contributed by atoms with Crippen molar-refractivity contribution in [2.45, 2.75) is 193 Å². The molecule has 2 aromatic rings. The fraction of sp³-hybridized carbons (Fsp3) is 0.700. The van der Waals surface area contributed by atoms with Gasteiger partial charge in [0.1, 0.15) is 0 Å². The summed E-state index contributed by atoms with van der Waals surface area (Å²) in [7, 11) is 2.86. The molecule has 402 valence electrons. The lowest BCUT2D eigenvalue weighted by Gasteiger charge is -2.72.